The van der Waals surface area contributed by atoms with Gasteiger partial charge in [-0.2, -0.15) is 0 Å². The molecule has 0 radical (unpaired) electrons. The number of hydrogen-bond acceptors (Lipinski definition) is 2. The minimum absolute atomic E-state index is 0.0663. The second-order valence-electron chi connectivity index (χ2n) is 2.66. The Morgan fingerprint density at radius 1 is 1.33 bits per heavy atom. The molecule has 1 N–H and O–H groups in total. The van der Waals surface area contributed by atoms with Crippen molar-refractivity contribution in [2.45, 2.75) is 13.8 Å². The first-order valence-electron chi connectivity index (χ1n) is 3.60. The molecule has 0 atom stereocenters. The summed E-state index contributed by atoms with van der Waals surface area (Å²) < 4.78 is 5.04. The first-order valence-corrected chi connectivity index (χ1v) is 3.98. The second-order valence-corrected chi connectivity index (χ2v) is 3.04. The van der Waals surface area contributed by atoms with Crippen molar-refractivity contribution in [3.8, 4) is 11.5 Å². The maximum atomic E-state index is 9.32. The van der Waals surface area contributed by atoms with Crippen molar-refractivity contribution in [1.82, 2.24) is 0 Å². The van der Waals surface area contributed by atoms with Crippen molar-refractivity contribution >= 4 is 11.6 Å². The van der Waals surface area contributed by atoms with E-state index < -0.39 is 0 Å². The molecule has 0 aliphatic heterocycles. The average Bonchev–Trinajstić information content (AvgIpc) is 2.08. The number of aromatic hydroxyl groups is 1. The molecule has 1 rings (SSSR count). The normalized spacial score (nSPS) is 10.0. The Morgan fingerprint density at radius 2 is 1.92 bits per heavy atom. The number of ether oxygens (including phenoxy) is 1. The highest BCUT2D eigenvalue weighted by Gasteiger charge is 2.09. The SMILES string of the molecule is COc1cc(O)c(Cl)c(C)c1C. The van der Waals surface area contributed by atoms with Gasteiger partial charge in [-0.3, -0.25) is 0 Å². The molecule has 0 aliphatic carbocycles. The molecule has 0 fully saturated rings. The molecule has 0 amide bonds. The molecule has 0 bridgehead atoms. The minimum atomic E-state index is 0.0663. The van der Waals surface area contributed by atoms with E-state index in [1.165, 1.54) is 6.07 Å². The monoisotopic (exact) mass is 186 g/mol. The lowest BCUT2D eigenvalue weighted by atomic mass is 10.1. The zero-order chi connectivity index (χ0) is 9.30. The summed E-state index contributed by atoms with van der Waals surface area (Å²) in [5.74, 6) is 0.728. The summed E-state index contributed by atoms with van der Waals surface area (Å²) in [6.07, 6.45) is 0. The molecule has 0 saturated carbocycles. The number of rotatable bonds is 1. The van der Waals surface area contributed by atoms with Gasteiger partial charge in [0.25, 0.3) is 0 Å². The molecule has 12 heavy (non-hydrogen) atoms. The summed E-state index contributed by atoms with van der Waals surface area (Å²) >= 11 is 5.81. The van der Waals surface area contributed by atoms with E-state index >= 15 is 0 Å². The molecular weight excluding hydrogens is 176 g/mol. The molecule has 1 aromatic carbocycles. The van der Waals surface area contributed by atoms with Crippen molar-refractivity contribution in [1.29, 1.82) is 0 Å². The molecular formula is C9H11ClO2. The van der Waals surface area contributed by atoms with E-state index in [1.54, 1.807) is 7.11 Å². The van der Waals surface area contributed by atoms with Crippen molar-refractivity contribution in [2.75, 3.05) is 7.11 Å². The van der Waals surface area contributed by atoms with E-state index in [4.69, 9.17) is 16.3 Å². The van der Waals surface area contributed by atoms with Gasteiger partial charge in [0.15, 0.2) is 0 Å². The van der Waals surface area contributed by atoms with Crippen LogP contribution in [0.5, 0.6) is 11.5 Å². The van der Waals surface area contributed by atoms with Crippen LogP contribution in [0.15, 0.2) is 6.07 Å². The second kappa shape index (κ2) is 3.23. The van der Waals surface area contributed by atoms with Crippen molar-refractivity contribution in [3.05, 3.63) is 22.2 Å². The third-order valence-corrected chi connectivity index (χ3v) is 2.45. The molecule has 66 valence electrons. The molecule has 0 unspecified atom stereocenters. The third kappa shape index (κ3) is 1.34. The lowest BCUT2D eigenvalue weighted by Gasteiger charge is -2.10. The standard InChI is InChI=1S/C9H11ClO2/c1-5-6(2)9(10)7(11)4-8(5)12-3/h4,11H,1-3H3. The van der Waals surface area contributed by atoms with Gasteiger partial charge in [-0.05, 0) is 25.0 Å². The van der Waals surface area contributed by atoms with Gasteiger partial charge in [0.2, 0.25) is 0 Å². The van der Waals surface area contributed by atoms with E-state index in [2.05, 4.69) is 0 Å². The molecule has 3 heteroatoms. The Kier molecular flexibility index (Phi) is 2.48. The van der Waals surface area contributed by atoms with E-state index in [9.17, 15) is 5.11 Å². The fourth-order valence-electron chi connectivity index (χ4n) is 1.05. The maximum absolute atomic E-state index is 9.32. The molecule has 0 aliphatic rings. The third-order valence-electron chi connectivity index (χ3n) is 1.97. The quantitative estimate of drug-likeness (QED) is 0.731. The van der Waals surface area contributed by atoms with Crippen LogP contribution < -0.4 is 4.74 Å². The van der Waals surface area contributed by atoms with Crippen LogP contribution in [-0.4, -0.2) is 12.2 Å². The Labute approximate surface area is 76.7 Å². The minimum Gasteiger partial charge on any atom is -0.506 e. The van der Waals surface area contributed by atoms with Crippen LogP contribution in [0.3, 0.4) is 0 Å². The number of methoxy groups -OCH3 is 1. The molecule has 1 aromatic rings. The summed E-state index contributed by atoms with van der Waals surface area (Å²) in [4.78, 5) is 0. The molecule has 0 heterocycles. The number of benzene rings is 1. The van der Waals surface area contributed by atoms with Crippen LogP contribution in [0, 0.1) is 13.8 Å². The Balaban J connectivity index is 3.39. The lowest BCUT2D eigenvalue weighted by molar-refractivity contribution is 0.404. The van der Waals surface area contributed by atoms with Gasteiger partial charge >= 0.3 is 0 Å². The summed E-state index contributed by atoms with van der Waals surface area (Å²) in [7, 11) is 1.56. The average molecular weight is 187 g/mol. The summed E-state index contributed by atoms with van der Waals surface area (Å²) in [5.41, 5.74) is 1.81. The van der Waals surface area contributed by atoms with Gasteiger partial charge in [-0.15, -0.1) is 0 Å². The summed E-state index contributed by atoms with van der Waals surface area (Å²) in [5, 5.41) is 9.72. The van der Waals surface area contributed by atoms with Gasteiger partial charge in [-0.1, -0.05) is 11.6 Å². The molecule has 2 nitrogen and oxygen atoms in total. The predicted octanol–water partition coefficient (Wildman–Crippen LogP) is 2.67. The van der Waals surface area contributed by atoms with Gasteiger partial charge < -0.3 is 9.84 Å². The van der Waals surface area contributed by atoms with Crippen LogP contribution in [0.4, 0.5) is 0 Å². The van der Waals surface area contributed by atoms with Crippen molar-refractivity contribution in [3.63, 3.8) is 0 Å². The zero-order valence-corrected chi connectivity index (χ0v) is 8.07. The van der Waals surface area contributed by atoms with E-state index in [1.807, 2.05) is 13.8 Å². The topological polar surface area (TPSA) is 29.5 Å². The Bertz CT molecular complexity index is 308. The number of hydrogen-bond donors (Lipinski definition) is 1. The predicted molar refractivity (Wildman–Crippen MR) is 49.1 cm³/mol. The maximum Gasteiger partial charge on any atom is 0.138 e. The number of phenols is 1. The summed E-state index contributed by atoms with van der Waals surface area (Å²) in [6.45, 7) is 3.75. The zero-order valence-electron chi connectivity index (χ0n) is 7.31. The summed E-state index contributed by atoms with van der Waals surface area (Å²) in [6, 6.07) is 1.52. The molecule has 0 saturated heterocycles. The Hall–Kier alpha value is -0.890. The smallest absolute Gasteiger partial charge is 0.138 e. The number of phenolic OH excluding ortho intramolecular Hbond substituents is 1. The van der Waals surface area contributed by atoms with E-state index in [0.717, 1.165) is 11.1 Å². The number of halogens is 1. The van der Waals surface area contributed by atoms with Crippen LogP contribution >= 0.6 is 11.6 Å². The first kappa shape index (κ1) is 9.20. The van der Waals surface area contributed by atoms with Gasteiger partial charge in [0.05, 0.1) is 12.1 Å². The Morgan fingerprint density at radius 3 is 2.42 bits per heavy atom. The van der Waals surface area contributed by atoms with Gasteiger partial charge in [0.1, 0.15) is 11.5 Å². The highest BCUT2D eigenvalue weighted by atomic mass is 35.5. The van der Waals surface area contributed by atoms with Crippen LogP contribution in [0.25, 0.3) is 0 Å². The van der Waals surface area contributed by atoms with Gasteiger partial charge in [-0.25, -0.2) is 0 Å². The van der Waals surface area contributed by atoms with Crippen LogP contribution in [0.1, 0.15) is 11.1 Å². The fourth-order valence-corrected chi connectivity index (χ4v) is 1.25. The van der Waals surface area contributed by atoms with E-state index in [-0.39, 0.29) is 5.75 Å². The van der Waals surface area contributed by atoms with E-state index in [0.29, 0.717) is 10.8 Å². The van der Waals surface area contributed by atoms with Crippen molar-refractivity contribution in [2.24, 2.45) is 0 Å². The fraction of sp³-hybridized carbons (Fsp3) is 0.333. The molecule has 0 spiro atoms. The molecule has 0 aromatic heterocycles. The highest BCUT2D eigenvalue weighted by molar-refractivity contribution is 6.32. The van der Waals surface area contributed by atoms with Crippen LogP contribution in [-0.2, 0) is 0 Å². The van der Waals surface area contributed by atoms with Crippen LogP contribution in [0.2, 0.25) is 5.02 Å². The first-order chi connectivity index (χ1) is 5.57. The lowest BCUT2D eigenvalue weighted by Crippen LogP contribution is -1.90. The highest BCUT2D eigenvalue weighted by Crippen LogP contribution is 2.35. The largest absolute Gasteiger partial charge is 0.506 e. The van der Waals surface area contributed by atoms with Gasteiger partial charge in [0, 0.05) is 6.07 Å². The van der Waals surface area contributed by atoms with Crippen molar-refractivity contribution < 1.29 is 9.84 Å².